The van der Waals surface area contributed by atoms with Gasteiger partial charge in [-0.1, -0.05) is 34.6 Å². The number of carbonyl (C=O) groups excluding carboxylic acids is 1. The first-order chi connectivity index (χ1) is 7.60. The second-order valence-electron chi connectivity index (χ2n) is 3.97. The van der Waals surface area contributed by atoms with Crippen molar-refractivity contribution in [2.75, 3.05) is 17.8 Å². The SMILES string of the molecule is CC.CC.CCC(C(C)=O)S1(C)CCCC1. The van der Waals surface area contributed by atoms with Gasteiger partial charge in [0.05, 0.1) is 0 Å². The lowest BCUT2D eigenvalue weighted by molar-refractivity contribution is -0.116. The first-order valence-electron chi connectivity index (χ1n) is 6.83. The molecule has 1 rings (SSSR count). The van der Waals surface area contributed by atoms with Crippen LogP contribution in [0, 0.1) is 0 Å². The summed E-state index contributed by atoms with van der Waals surface area (Å²) in [6, 6.07) is 0. The lowest BCUT2D eigenvalue weighted by atomic mass is 10.2. The van der Waals surface area contributed by atoms with Crippen molar-refractivity contribution in [2.24, 2.45) is 0 Å². The third-order valence-electron chi connectivity index (χ3n) is 2.98. The Hall–Kier alpha value is 0.0200. The summed E-state index contributed by atoms with van der Waals surface area (Å²) < 4.78 is 0. The third-order valence-corrected chi connectivity index (χ3v) is 7.46. The molecular weight excluding hydrogens is 216 g/mol. The minimum atomic E-state index is -0.543. The smallest absolute Gasteiger partial charge is 0.141 e. The summed E-state index contributed by atoms with van der Waals surface area (Å²) in [5, 5.41) is 0.403. The molecule has 1 unspecified atom stereocenters. The van der Waals surface area contributed by atoms with E-state index in [4.69, 9.17) is 0 Å². The highest BCUT2D eigenvalue weighted by Crippen LogP contribution is 2.55. The van der Waals surface area contributed by atoms with Gasteiger partial charge in [0.2, 0.25) is 0 Å². The van der Waals surface area contributed by atoms with Crippen molar-refractivity contribution in [1.82, 2.24) is 0 Å². The number of rotatable bonds is 3. The molecule has 1 saturated heterocycles. The second kappa shape index (κ2) is 10.2. The molecule has 1 atom stereocenters. The van der Waals surface area contributed by atoms with Crippen molar-refractivity contribution in [1.29, 1.82) is 0 Å². The molecule has 1 aliphatic heterocycles. The van der Waals surface area contributed by atoms with Crippen LogP contribution >= 0.6 is 10.0 Å². The molecule has 1 fully saturated rings. The molecule has 0 aromatic carbocycles. The summed E-state index contributed by atoms with van der Waals surface area (Å²) in [4.78, 5) is 11.4. The molecule has 0 aliphatic carbocycles. The van der Waals surface area contributed by atoms with E-state index in [1.165, 1.54) is 24.3 Å². The van der Waals surface area contributed by atoms with Gasteiger partial charge in [-0.25, -0.2) is 10.0 Å². The Morgan fingerprint density at radius 2 is 1.50 bits per heavy atom. The summed E-state index contributed by atoms with van der Waals surface area (Å²) in [5.74, 6) is 3.10. The molecule has 0 N–H and O–H groups in total. The summed E-state index contributed by atoms with van der Waals surface area (Å²) in [6.45, 7) is 11.9. The van der Waals surface area contributed by atoms with Crippen molar-refractivity contribution in [3.63, 3.8) is 0 Å². The maximum Gasteiger partial charge on any atom is 0.141 e. The average Bonchev–Trinajstić information content (AvgIpc) is 2.72. The zero-order valence-corrected chi connectivity index (χ0v) is 13.2. The quantitative estimate of drug-likeness (QED) is 0.711. The number of Topliss-reactive ketones (excluding diaryl/α,β-unsaturated/α-hetero) is 1. The van der Waals surface area contributed by atoms with Crippen molar-refractivity contribution >= 4 is 15.8 Å². The van der Waals surface area contributed by atoms with Crippen LogP contribution in [0.2, 0.25) is 0 Å². The lowest BCUT2D eigenvalue weighted by Gasteiger charge is -2.37. The molecule has 1 nitrogen and oxygen atoms in total. The maximum absolute atomic E-state index is 11.4. The minimum Gasteiger partial charge on any atom is -0.299 e. The van der Waals surface area contributed by atoms with E-state index >= 15 is 0 Å². The molecule has 100 valence electrons. The summed E-state index contributed by atoms with van der Waals surface area (Å²) >= 11 is 0. The Bertz CT molecular complexity index is 172. The van der Waals surface area contributed by atoms with Crippen molar-refractivity contribution in [3.05, 3.63) is 0 Å². The standard InChI is InChI=1S/C10H20OS.2C2H6/c1-4-10(9(2)11)12(3)7-5-6-8-12;2*1-2/h10H,4-8H2,1-3H3;2*1-2H3. The summed E-state index contributed by atoms with van der Waals surface area (Å²) in [5.41, 5.74) is 0. The van der Waals surface area contributed by atoms with Gasteiger partial charge >= 0.3 is 0 Å². The highest BCUT2D eigenvalue weighted by molar-refractivity contribution is 8.34. The van der Waals surface area contributed by atoms with E-state index in [1.807, 2.05) is 27.7 Å². The molecule has 1 aliphatic rings. The van der Waals surface area contributed by atoms with E-state index in [2.05, 4.69) is 13.2 Å². The number of carbonyl (C=O) groups is 1. The molecule has 16 heavy (non-hydrogen) atoms. The topological polar surface area (TPSA) is 17.1 Å². The van der Waals surface area contributed by atoms with Crippen LogP contribution in [0.25, 0.3) is 0 Å². The van der Waals surface area contributed by atoms with Crippen molar-refractivity contribution in [2.45, 2.75) is 66.1 Å². The van der Waals surface area contributed by atoms with Gasteiger partial charge < -0.3 is 0 Å². The van der Waals surface area contributed by atoms with E-state index < -0.39 is 10.0 Å². The molecule has 1 heterocycles. The molecular formula is C14H32OS. The molecule has 0 aromatic heterocycles. The van der Waals surface area contributed by atoms with Crippen LogP contribution in [0.1, 0.15) is 60.8 Å². The summed E-state index contributed by atoms with van der Waals surface area (Å²) in [6.07, 6.45) is 6.14. The monoisotopic (exact) mass is 248 g/mol. The number of hydrogen-bond acceptors (Lipinski definition) is 1. The van der Waals surface area contributed by atoms with Crippen LogP contribution < -0.4 is 0 Å². The van der Waals surface area contributed by atoms with Gasteiger partial charge in [0.25, 0.3) is 0 Å². The molecule has 0 amide bonds. The Morgan fingerprint density at radius 1 is 1.12 bits per heavy atom. The second-order valence-corrected chi connectivity index (χ2v) is 8.06. The maximum atomic E-state index is 11.4. The number of ketones is 1. The highest BCUT2D eigenvalue weighted by Gasteiger charge is 2.33. The predicted octanol–water partition coefficient (Wildman–Crippen LogP) is 4.63. The molecule has 0 spiro atoms. The van der Waals surface area contributed by atoms with Crippen LogP contribution in [0.3, 0.4) is 0 Å². The van der Waals surface area contributed by atoms with Crippen LogP contribution in [0.5, 0.6) is 0 Å². The van der Waals surface area contributed by atoms with Crippen LogP contribution in [-0.4, -0.2) is 28.8 Å². The van der Waals surface area contributed by atoms with Gasteiger partial charge in [-0.05, 0) is 43.9 Å². The van der Waals surface area contributed by atoms with Gasteiger partial charge in [-0.2, -0.15) is 0 Å². The van der Waals surface area contributed by atoms with E-state index in [1.54, 1.807) is 6.92 Å². The average molecular weight is 248 g/mol. The fourth-order valence-corrected chi connectivity index (χ4v) is 6.45. The largest absolute Gasteiger partial charge is 0.299 e. The van der Waals surface area contributed by atoms with Crippen molar-refractivity contribution in [3.8, 4) is 0 Å². The van der Waals surface area contributed by atoms with E-state index in [0.29, 0.717) is 11.0 Å². The summed E-state index contributed by atoms with van der Waals surface area (Å²) in [7, 11) is -0.543. The number of hydrogen-bond donors (Lipinski definition) is 0. The van der Waals surface area contributed by atoms with Gasteiger partial charge in [0.15, 0.2) is 0 Å². The molecule has 0 saturated carbocycles. The van der Waals surface area contributed by atoms with Gasteiger partial charge in [-0.3, -0.25) is 4.79 Å². The van der Waals surface area contributed by atoms with Gasteiger partial charge in [0.1, 0.15) is 5.78 Å². The molecule has 0 bridgehead atoms. The van der Waals surface area contributed by atoms with E-state index in [9.17, 15) is 4.79 Å². The minimum absolute atomic E-state index is 0.403. The molecule has 0 aromatic rings. The zero-order valence-electron chi connectivity index (χ0n) is 12.4. The van der Waals surface area contributed by atoms with E-state index in [-0.39, 0.29) is 0 Å². The highest BCUT2D eigenvalue weighted by atomic mass is 32.3. The van der Waals surface area contributed by atoms with Gasteiger partial charge in [0, 0.05) is 5.25 Å². The Labute approximate surface area is 105 Å². The molecule has 2 heteroatoms. The lowest BCUT2D eigenvalue weighted by Crippen LogP contribution is -2.25. The third kappa shape index (κ3) is 5.38. The van der Waals surface area contributed by atoms with Gasteiger partial charge in [-0.15, -0.1) is 0 Å². The fraction of sp³-hybridized carbons (Fsp3) is 0.929. The van der Waals surface area contributed by atoms with Crippen LogP contribution in [0.4, 0.5) is 0 Å². The molecule has 0 radical (unpaired) electrons. The fourth-order valence-electron chi connectivity index (χ4n) is 2.34. The van der Waals surface area contributed by atoms with Crippen LogP contribution in [0.15, 0.2) is 0 Å². The zero-order chi connectivity index (χ0) is 13.2. The Balaban J connectivity index is 0. The van der Waals surface area contributed by atoms with E-state index in [0.717, 1.165) is 6.42 Å². The Kier molecular flexibility index (Phi) is 11.7. The van der Waals surface area contributed by atoms with Crippen molar-refractivity contribution < 1.29 is 4.79 Å². The van der Waals surface area contributed by atoms with Crippen LogP contribution in [-0.2, 0) is 4.79 Å². The normalized spacial score (nSPS) is 20.7. The Morgan fingerprint density at radius 3 is 1.75 bits per heavy atom. The first-order valence-corrected chi connectivity index (χ1v) is 9.27. The predicted molar refractivity (Wildman–Crippen MR) is 79.9 cm³/mol. The first kappa shape index (κ1) is 18.4.